The number of carboxylic acids is 1. The van der Waals surface area contributed by atoms with E-state index >= 15 is 0 Å². The van der Waals surface area contributed by atoms with Gasteiger partial charge >= 0.3 is 5.97 Å². The standard InChI is InChI=1S/C12H17N3O5S/c1-3-14-7-9(6-10(14)12(17)18)21(19,20)15-5-4-13(2)11(16)8-15/h6-7H,3-5,8H2,1-2H3,(H,17,18). The summed E-state index contributed by atoms with van der Waals surface area (Å²) in [5, 5.41) is 9.07. The molecule has 1 aliphatic heterocycles. The molecule has 0 aromatic carbocycles. The van der Waals surface area contributed by atoms with Gasteiger partial charge in [-0.2, -0.15) is 4.31 Å². The van der Waals surface area contributed by atoms with E-state index in [9.17, 15) is 18.0 Å². The van der Waals surface area contributed by atoms with Crippen LogP contribution in [0.4, 0.5) is 0 Å². The number of hydrogen-bond donors (Lipinski definition) is 1. The number of aryl methyl sites for hydroxylation is 1. The monoisotopic (exact) mass is 315 g/mol. The van der Waals surface area contributed by atoms with Crippen LogP contribution in [0.5, 0.6) is 0 Å². The Hall–Kier alpha value is -1.87. The third kappa shape index (κ3) is 2.79. The van der Waals surface area contributed by atoms with E-state index in [4.69, 9.17) is 5.11 Å². The largest absolute Gasteiger partial charge is 0.477 e. The van der Waals surface area contributed by atoms with Crippen molar-refractivity contribution in [3.8, 4) is 0 Å². The Bertz CT molecular complexity index is 679. The fourth-order valence-electron chi connectivity index (χ4n) is 2.16. The van der Waals surface area contributed by atoms with Crippen molar-refractivity contribution in [2.24, 2.45) is 0 Å². The SMILES string of the molecule is CCn1cc(S(=O)(=O)N2CCN(C)C(=O)C2)cc1C(=O)O. The smallest absolute Gasteiger partial charge is 0.352 e. The molecule has 1 aromatic rings. The first kappa shape index (κ1) is 15.5. The van der Waals surface area contributed by atoms with Crippen molar-refractivity contribution in [1.29, 1.82) is 0 Å². The summed E-state index contributed by atoms with van der Waals surface area (Å²) in [6.45, 7) is 2.36. The summed E-state index contributed by atoms with van der Waals surface area (Å²) in [6, 6.07) is 1.13. The van der Waals surface area contributed by atoms with Crippen molar-refractivity contribution < 1.29 is 23.1 Å². The molecule has 0 bridgehead atoms. The summed E-state index contributed by atoms with van der Waals surface area (Å²) in [7, 11) is -2.25. The van der Waals surface area contributed by atoms with Gasteiger partial charge < -0.3 is 14.6 Å². The van der Waals surface area contributed by atoms with Crippen LogP contribution in [0.15, 0.2) is 17.2 Å². The minimum absolute atomic E-state index is 0.0865. The number of hydrogen-bond acceptors (Lipinski definition) is 4. The molecule has 1 N–H and O–H groups in total. The molecule has 2 rings (SSSR count). The predicted octanol–water partition coefficient (Wildman–Crippen LogP) is -0.331. The molecule has 9 heteroatoms. The van der Waals surface area contributed by atoms with Gasteiger partial charge in [-0.25, -0.2) is 13.2 Å². The highest BCUT2D eigenvalue weighted by Gasteiger charge is 2.33. The van der Waals surface area contributed by atoms with Crippen LogP contribution in [0.3, 0.4) is 0 Å². The van der Waals surface area contributed by atoms with E-state index < -0.39 is 16.0 Å². The van der Waals surface area contributed by atoms with E-state index in [-0.39, 0.29) is 29.6 Å². The fraction of sp³-hybridized carbons (Fsp3) is 0.500. The zero-order valence-corrected chi connectivity index (χ0v) is 12.6. The van der Waals surface area contributed by atoms with Gasteiger partial charge in [-0.1, -0.05) is 0 Å². The van der Waals surface area contributed by atoms with Crippen LogP contribution in [0.2, 0.25) is 0 Å². The van der Waals surface area contributed by atoms with Gasteiger partial charge in [0.05, 0.1) is 6.54 Å². The van der Waals surface area contributed by atoms with Crippen molar-refractivity contribution >= 4 is 21.9 Å². The van der Waals surface area contributed by atoms with Crippen LogP contribution in [0, 0.1) is 0 Å². The number of aromatic nitrogens is 1. The second-order valence-corrected chi connectivity index (χ2v) is 6.74. The van der Waals surface area contributed by atoms with Crippen molar-refractivity contribution in [2.75, 3.05) is 26.7 Å². The van der Waals surface area contributed by atoms with Crippen LogP contribution in [0.1, 0.15) is 17.4 Å². The average molecular weight is 315 g/mol. The summed E-state index contributed by atoms with van der Waals surface area (Å²) in [5.41, 5.74) is -0.0865. The zero-order chi connectivity index (χ0) is 15.8. The number of amides is 1. The molecule has 1 saturated heterocycles. The zero-order valence-electron chi connectivity index (χ0n) is 11.8. The number of sulfonamides is 1. The lowest BCUT2D eigenvalue weighted by atomic mass is 10.4. The molecule has 0 spiro atoms. The maximum atomic E-state index is 12.5. The third-order valence-corrected chi connectivity index (χ3v) is 5.30. The van der Waals surface area contributed by atoms with Gasteiger partial charge in [-0.3, -0.25) is 4.79 Å². The summed E-state index contributed by atoms with van der Waals surface area (Å²) < 4.78 is 27.4. The number of nitrogens with zero attached hydrogens (tertiary/aromatic N) is 3. The number of rotatable bonds is 4. The van der Waals surface area contributed by atoms with E-state index in [1.54, 1.807) is 14.0 Å². The molecule has 1 aromatic heterocycles. The summed E-state index contributed by atoms with van der Waals surface area (Å²) in [5.74, 6) is -1.47. The topological polar surface area (TPSA) is 99.9 Å². The van der Waals surface area contributed by atoms with Gasteiger partial charge in [0, 0.05) is 32.9 Å². The fourth-order valence-corrected chi connectivity index (χ4v) is 3.58. The van der Waals surface area contributed by atoms with Crippen molar-refractivity contribution in [2.45, 2.75) is 18.4 Å². The Balaban J connectivity index is 2.36. The van der Waals surface area contributed by atoms with Crippen LogP contribution in [-0.2, 0) is 21.4 Å². The van der Waals surface area contributed by atoms with E-state index in [0.29, 0.717) is 13.1 Å². The number of carbonyl (C=O) groups excluding carboxylic acids is 1. The number of likely N-dealkylation sites (N-methyl/N-ethyl adjacent to an activating group) is 1. The van der Waals surface area contributed by atoms with Gasteiger partial charge in [0.25, 0.3) is 0 Å². The Labute approximate surface area is 122 Å². The Kier molecular flexibility index (Phi) is 4.06. The Morgan fingerprint density at radius 2 is 2.05 bits per heavy atom. The van der Waals surface area contributed by atoms with E-state index in [0.717, 1.165) is 10.4 Å². The molecule has 2 heterocycles. The van der Waals surface area contributed by atoms with E-state index in [1.807, 2.05) is 0 Å². The van der Waals surface area contributed by atoms with Gasteiger partial charge in [0.2, 0.25) is 15.9 Å². The maximum Gasteiger partial charge on any atom is 0.352 e. The molecule has 0 atom stereocenters. The minimum Gasteiger partial charge on any atom is -0.477 e. The lowest BCUT2D eigenvalue weighted by Crippen LogP contribution is -2.50. The predicted molar refractivity (Wildman–Crippen MR) is 73.5 cm³/mol. The molecular formula is C12H17N3O5S. The molecule has 1 amide bonds. The summed E-state index contributed by atoms with van der Waals surface area (Å²) in [4.78, 5) is 24.1. The highest BCUT2D eigenvalue weighted by atomic mass is 32.2. The first-order valence-corrected chi connectivity index (χ1v) is 7.89. The highest BCUT2D eigenvalue weighted by molar-refractivity contribution is 7.89. The molecule has 0 radical (unpaired) electrons. The highest BCUT2D eigenvalue weighted by Crippen LogP contribution is 2.20. The van der Waals surface area contributed by atoms with Crippen molar-refractivity contribution in [1.82, 2.24) is 13.8 Å². The van der Waals surface area contributed by atoms with Crippen LogP contribution >= 0.6 is 0 Å². The maximum absolute atomic E-state index is 12.5. The van der Waals surface area contributed by atoms with Crippen molar-refractivity contribution in [3.63, 3.8) is 0 Å². The van der Waals surface area contributed by atoms with Crippen LogP contribution < -0.4 is 0 Å². The Morgan fingerprint density at radius 1 is 1.38 bits per heavy atom. The van der Waals surface area contributed by atoms with Crippen molar-refractivity contribution in [3.05, 3.63) is 18.0 Å². The second-order valence-electron chi connectivity index (χ2n) is 4.81. The molecule has 0 unspecified atom stereocenters. The van der Waals surface area contributed by atoms with Gasteiger partial charge in [-0.15, -0.1) is 0 Å². The Morgan fingerprint density at radius 3 is 2.52 bits per heavy atom. The number of carboxylic acid groups (broad SMARTS) is 1. The minimum atomic E-state index is -3.86. The molecule has 8 nitrogen and oxygen atoms in total. The van der Waals surface area contributed by atoms with Crippen LogP contribution in [-0.4, -0.2) is 65.9 Å². The first-order valence-electron chi connectivity index (χ1n) is 6.45. The normalized spacial score (nSPS) is 17.2. The third-order valence-electron chi connectivity index (χ3n) is 3.49. The molecule has 1 fully saturated rings. The first-order chi connectivity index (χ1) is 9.77. The summed E-state index contributed by atoms with van der Waals surface area (Å²) in [6.07, 6.45) is 1.29. The molecular weight excluding hydrogens is 298 g/mol. The number of aromatic carboxylic acids is 1. The summed E-state index contributed by atoms with van der Waals surface area (Å²) >= 11 is 0. The molecule has 1 aliphatic rings. The lowest BCUT2D eigenvalue weighted by Gasteiger charge is -2.30. The second kappa shape index (κ2) is 5.49. The van der Waals surface area contributed by atoms with E-state index in [1.165, 1.54) is 15.7 Å². The molecule has 0 aliphatic carbocycles. The number of carbonyl (C=O) groups is 2. The average Bonchev–Trinajstić information content (AvgIpc) is 2.86. The van der Waals surface area contributed by atoms with Gasteiger partial charge in [-0.05, 0) is 13.0 Å². The van der Waals surface area contributed by atoms with E-state index in [2.05, 4.69) is 0 Å². The lowest BCUT2D eigenvalue weighted by molar-refractivity contribution is -0.132. The van der Waals surface area contributed by atoms with Gasteiger partial charge in [0.1, 0.15) is 10.6 Å². The quantitative estimate of drug-likeness (QED) is 0.820. The van der Waals surface area contributed by atoms with Crippen LogP contribution in [0.25, 0.3) is 0 Å². The molecule has 0 saturated carbocycles. The molecule has 21 heavy (non-hydrogen) atoms. The molecule has 116 valence electrons. The number of piperazine rings is 1. The van der Waals surface area contributed by atoms with Gasteiger partial charge in [0.15, 0.2) is 0 Å².